The molecule has 1 heterocycles. The molecule has 0 spiro atoms. The van der Waals surface area contributed by atoms with Crippen LogP contribution in [0, 0.1) is 18.3 Å². The van der Waals surface area contributed by atoms with Crippen LogP contribution in [0.15, 0.2) is 54.1 Å². The van der Waals surface area contributed by atoms with E-state index in [-0.39, 0.29) is 10.7 Å². The van der Waals surface area contributed by atoms with Gasteiger partial charge >= 0.3 is 0 Å². The van der Waals surface area contributed by atoms with E-state index in [4.69, 9.17) is 16.3 Å². The number of pyridine rings is 1. The number of ether oxygens (including phenoxy) is 1. The van der Waals surface area contributed by atoms with Gasteiger partial charge in [0.2, 0.25) is 0 Å². The van der Waals surface area contributed by atoms with Crippen LogP contribution in [0.4, 0.5) is 5.69 Å². The summed E-state index contributed by atoms with van der Waals surface area (Å²) in [5.74, 6) is -0.0500. The molecule has 6 heteroatoms. The Morgan fingerprint density at radius 2 is 2.04 bits per heavy atom. The van der Waals surface area contributed by atoms with Crippen molar-refractivity contribution in [3.05, 3.63) is 70.4 Å². The zero-order valence-electron chi connectivity index (χ0n) is 14.8. The van der Waals surface area contributed by atoms with Crippen LogP contribution >= 0.6 is 11.6 Å². The fourth-order valence-corrected chi connectivity index (χ4v) is 2.81. The first kappa shape index (κ1) is 18.4. The number of nitrogens with zero attached hydrogens (tertiary/aromatic N) is 2. The van der Waals surface area contributed by atoms with E-state index >= 15 is 0 Å². The Kier molecular flexibility index (Phi) is 5.39. The topological polar surface area (TPSA) is 75.0 Å². The average molecular weight is 378 g/mol. The highest BCUT2D eigenvalue weighted by Gasteiger charge is 2.13. The summed E-state index contributed by atoms with van der Waals surface area (Å²) in [5, 5.41) is 13.2. The van der Waals surface area contributed by atoms with Gasteiger partial charge in [-0.3, -0.25) is 4.79 Å². The number of hydrogen-bond acceptors (Lipinski definition) is 4. The molecule has 0 bridgehead atoms. The molecule has 0 atom stereocenters. The number of carbonyl (C=O) groups is 1. The van der Waals surface area contributed by atoms with Crippen molar-refractivity contribution in [2.24, 2.45) is 0 Å². The van der Waals surface area contributed by atoms with Crippen LogP contribution in [-0.4, -0.2) is 18.0 Å². The second-order valence-electron chi connectivity index (χ2n) is 5.89. The molecule has 1 aromatic heterocycles. The highest BCUT2D eigenvalue weighted by molar-refractivity contribution is 6.31. The molecule has 0 aliphatic carbocycles. The second-order valence-corrected chi connectivity index (χ2v) is 6.25. The summed E-state index contributed by atoms with van der Waals surface area (Å²) in [7, 11) is 1.51. The van der Waals surface area contributed by atoms with Gasteiger partial charge in [-0.15, -0.1) is 0 Å². The molecule has 1 amide bonds. The molecule has 0 radical (unpaired) electrons. The predicted octanol–water partition coefficient (Wildman–Crippen LogP) is 4.75. The molecule has 0 saturated carbocycles. The molecule has 27 heavy (non-hydrogen) atoms. The second kappa shape index (κ2) is 7.90. The van der Waals surface area contributed by atoms with Crippen molar-refractivity contribution in [1.29, 1.82) is 5.26 Å². The smallest absolute Gasteiger partial charge is 0.266 e. The maximum atomic E-state index is 12.5. The third kappa shape index (κ3) is 4.08. The maximum Gasteiger partial charge on any atom is 0.266 e. The van der Waals surface area contributed by atoms with Gasteiger partial charge in [0.25, 0.3) is 5.91 Å². The Morgan fingerprint density at radius 3 is 2.78 bits per heavy atom. The van der Waals surface area contributed by atoms with Crippen molar-refractivity contribution in [3.8, 4) is 11.8 Å². The van der Waals surface area contributed by atoms with E-state index in [0.29, 0.717) is 17.0 Å². The number of fused-ring (bicyclic) bond motifs is 1. The summed E-state index contributed by atoms with van der Waals surface area (Å²) in [4.78, 5) is 16.9. The van der Waals surface area contributed by atoms with Crippen molar-refractivity contribution in [1.82, 2.24) is 4.98 Å². The molecule has 0 aliphatic heterocycles. The maximum absolute atomic E-state index is 12.5. The highest BCUT2D eigenvalue weighted by Crippen LogP contribution is 2.26. The fraction of sp³-hybridized carbons (Fsp3) is 0.0952. The average Bonchev–Trinajstić information content (AvgIpc) is 2.66. The summed E-state index contributed by atoms with van der Waals surface area (Å²) < 4.78 is 5.21. The minimum atomic E-state index is -0.554. The summed E-state index contributed by atoms with van der Waals surface area (Å²) in [5.41, 5.74) is 2.72. The Hall–Kier alpha value is -3.36. The summed E-state index contributed by atoms with van der Waals surface area (Å²) in [6.07, 6.45) is 1.43. The molecule has 0 fully saturated rings. The Labute approximate surface area is 161 Å². The van der Waals surface area contributed by atoms with E-state index in [1.807, 2.05) is 31.2 Å². The van der Waals surface area contributed by atoms with Gasteiger partial charge in [-0.25, -0.2) is 4.98 Å². The minimum absolute atomic E-state index is 0.0870. The summed E-state index contributed by atoms with van der Waals surface area (Å²) in [6.45, 7) is 1.97. The summed E-state index contributed by atoms with van der Waals surface area (Å²) >= 11 is 6.25. The van der Waals surface area contributed by atoms with Crippen LogP contribution in [0.1, 0.15) is 11.1 Å². The van der Waals surface area contributed by atoms with Gasteiger partial charge < -0.3 is 10.1 Å². The molecule has 3 rings (SSSR count). The number of amides is 1. The SMILES string of the molecule is COc1ccccc1NC(=O)/C(C#N)=C/c1cc2ccc(C)cc2nc1Cl. The van der Waals surface area contributed by atoms with Gasteiger partial charge in [-0.1, -0.05) is 35.9 Å². The van der Waals surface area contributed by atoms with Crippen molar-refractivity contribution >= 4 is 40.2 Å². The van der Waals surface area contributed by atoms with Crippen LogP contribution in [0.3, 0.4) is 0 Å². The van der Waals surface area contributed by atoms with Crippen molar-refractivity contribution < 1.29 is 9.53 Å². The monoisotopic (exact) mass is 377 g/mol. The van der Waals surface area contributed by atoms with E-state index in [1.54, 1.807) is 30.3 Å². The molecule has 1 N–H and O–H groups in total. The standard InChI is InChI=1S/C21H16ClN3O2/c1-13-7-8-14-10-15(20(22)24-18(14)9-13)11-16(12-23)21(26)25-17-5-3-4-6-19(17)27-2/h3-11H,1-2H3,(H,25,26)/b16-11+. The Balaban J connectivity index is 1.95. The number of rotatable bonds is 4. The first-order chi connectivity index (χ1) is 13.0. The highest BCUT2D eigenvalue weighted by atomic mass is 35.5. The molecule has 0 unspecified atom stereocenters. The Bertz CT molecular complexity index is 1100. The van der Waals surface area contributed by atoms with Gasteiger partial charge in [-0.2, -0.15) is 5.26 Å². The van der Waals surface area contributed by atoms with E-state index in [0.717, 1.165) is 16.5 Å². The molecule has 2 aromatic carbocycles. The van der Waals surface area contributed by atoms with Crippen LogP contribution in [0.5, 0.6) is 5.75 Å². The lowest BCUT2D eigenvalue weighted by Gasteiger charge is -2.09. The fourth-order valence-electron chi connectivity index (χ4n) is 2.61. The number of nitriles is 1. The molecule has 5 nitrogen and oxygen atoms in total. The predicted molar refractivity (Wildman–Crippen MR) is 107 cm³/mol. The molecule has 0 saturated heterocycles. The number of hydrogen-bond donors (Lipinski definition) is 1. The van der Waals surface area contributed by atoms with Crippen LogP contribution < -0.4 is 10.1 Å². The quantitative estimate of drug-likeness (QED) is 0.404. The van der Waals surface area contributed by atoms with Crippen molar-refractivity contribution in [2.45, 2.75) is 6.92 Å². The number of carbonyl (C=O) groups excluding carboxylic acids is 1. The van der Waals surface area contributed by atoms with Gasteiger partial charge in [0.05, 0.1) is 18.3 Å². The number of aromatic nitrogens is 1. The van der Waals surface area contributed by atoms with E-state index in [2.05, 4.69) is 10.3 Å². The van der Waals surface area contributed by atoms with Crippen molar-refractivity contribution in [3.63, 3.8) is 0 Å². The first-order valence-electron chi connectivity index (χ1n) is 8.15. The van der Waals surface area contributed by atoms with Gasteiger partial charge in [0.1, 0.15) is 22.5 Å². The van der Waals surface area contributed by atoms with E-state index in [1.165, 1.54) is 13.2 Å². The normalized spacial score (nSPS) is 11.1. The molecule has 134 valence electrons. The zero-order valence-corrected chi connectivity index (χ0v) is 15.5. The lowest BCUT2D eigenvalue weighted by Crippen LogP contribution is -2.14. The Morgan fingerprint density at radius 1 is 1.26 bits per heavy atom. The number of aryl methyl sites for hydroxylation is 1. The third-order valence-corrected chi connectivity index (χ3v) is 4.28. The number of benzene rings is 2. The van der Waals surface area contributed by atoms with E-state index in [9.17, 15) is 10.1 Å². The van der Waals surface area contributed by atoms with Crippen LogP contribution in [0.2, 0.25) is 5.15 Å². The van der Waals surface area contributed by atoms with Gasteiger partial charge in [0.15, 0.2) is 0 Å². The van der Waals surface area contributed by atoms with Crippen molar-refractivity contribution in [2.75, 3.05) is 12.4 Å². The summed E-state index contributed by atoms with van der Waals surface area (Å²) in [6, 6.07) is 16.5. The van der Waals surface area contributed by atoms with Gasteiger partial charge in [-0.05, 0) is 42.8 Å². The minimum Gasteiger partial charge on any atom is -0.495 e. The lowest BCUT2D eigenvalue weighted by molar-refractivity contribution is -0.112. The molecule has 0 aliphatic rings. The number of nitrogens with one attached hydrogen (secondary N) is 1. The largest absolute Gasteiger partial charge is 0.495 e. The lowest BCUT2D eigenvalue weighted by atomic mass is 10.1. The molecule has 3 aromatic rings. The third-order valence-electron chi connectivity index (χ3n) is 3.97. The number of methoxy groups -OCH3 is 1. The van der Waals surface area contributed by atoms with Crippen LogP contribution in [0.25, 0.3) is 17.0 Å². The molecular weight excluding hydrogens is 362 g/mol. The van der Waals surface area contributed by atoms with Crippen LogP contribution in [-0.2, 0) is 4.79 Å². The first-order valence-corrected chi connectivity index (χ1v) is 8.52. The zero-order chi connectivity index (χ0) is 19.4. The number of anilines is 1. The van der Waals surface area contributed by atoms with E-state index < -0.39 is 5.91 Å². The molecular formula is C21H16ClN3O2. The number of halogens is 1. The number of para-hydroxylation sites is 2. The van der Waals surface area contributed by atoms with Gasteiger partial charge in [0, 0.05) is 10.9 Å².